The van der Waals surface area contributed by atoms with E-state index >= 15 is 0 Å². The van der Waals surface area contributed by atoms with Gasteiger partial charge in [0.05, 0.1) is 24.2 Å². The molecule has 0 unspecified atom stereocenters. The van der Waals surface area contributed by atoms with Gasteiger partial charge in [-0.2, -0.15) is 0 Å². The summed E-state index contributed by atoms with van der Waals surface area (Å²) >= 11 is 7.62. The van der Waals surface area contributed by atoms with Crippen molar-refractivity contribution in [3.63, 3.8) is 0 Å². The maximum Gasteiger partial charge on any atom is 0.325 e. The summed E-state index contributed by atoms with van der Waals surface area (Å²) in [6.07, 6.45) is 0.113. The summed E-state index contributed by atoms with van der Waals surface area (Å²) in [5.41, 5.74) is 2.38. The predicted molar refractivity (Wildman–Crippen MR) is 116 cm³/mol. The molecular weight excluding hydrogens is 426 g/mol. The van der Waals surface area contributed by atoms with Gasteiger partial charge in [-0.15, -0.1) is 11.3 Å². The number of nitrogens with zero attached hydrogens (tertiary/aromatic N) is 1. The summed E-state index contributed by atoms with van der Waals surface area (Å²) in [7, 11) is 1.25. The first-order valence-electron chi connectivity index (χ1n) is 8.90. The minimum absolute atomic E-state index is 0.113. The molecule has 1 aromatic heterocycles. The van der Waals surface area contributed by atoms with E-state index in [-0.39, 0.29) is 18.9 Å². The molecule has 3 aromatic rings. The number of rotatable bonds is 7. The monoisotopic (exact) mass is 443 g/mol. The average Bonchev–Trinajstić information content (AvgIpc) is 3.20. The zero-order valence-electron chi connectivity index (χ0n) is 16.0. The van der Waals surface area contributed by atoms with Crippen molar-refractivity contribution in [1.82, 2.24) is 10.3 Å². The van der Waals surface area contributed by atoms with Gasteiger partial charge in [0, 0.05) is 22.2 Å². The highest BCUT2D eigenvalue weighted by Crippen LogP contribution is 2.30. The normalized spacial score (nSPS) is 10.3. The molecule has 154 valence electrons. The Balaban J connectivity index is 1.56. The van der Waals surface area contributed by atoms with Crippen LogP contribution >= 0.6 is 22.9 Å². The van der Waals surface area contributed by atoms with Gasteiger partial charge < -0.3 is 15.4 Å². The van der Waals surface area contributed by atoms with Gasteiger partial charge in [0.15, 0.2) is 0 Å². The Labute approximate surface area is 182 Å². The number of amides is 2. The van der Waals surface area contributed by atoms with Crippen molar-refractivity contribution in [2.24, 2.45) is 0 Å². The SMILES string of the molecule is COC(=O)CNC(=O)c1ccc(NC(=O)Cc2csc(-c3ccccc3Cl)n2)cc1. The summed E-state index contributed by atoms with van der Waals surface area (Å²) in [6.45, 7) is -0.211. The molecule has 0 radical (unpaired) electrons. The number of carbonyl (C=O) groups excluding carboxylic acids is 3. The molecule has 0 aliphatic heterocycles. The van der Waals surface area contributed by atoms with Crippen LogP contribution in [-0.2, 0) is 20.7 Å². The van der Waals surface area contributed by atoms with E-state index < -0.39 is 11.9 Å². The number of thiazole rings is 1. The van der Waals surface area contributed by atoms with Crippen molar-refractivity contribution in [1.29, 1.82) is 0 Å². The average molecular weight is 444 g/mol. The Hall–Kier alpha value is -3.23. The van der Waals surface area contributed by atoms with Crippen LogP contribution in [0.15, 0.2) is 53.9 Å². The van der Waals surface area contributed by atoms with Crippen LogP contribution in [0.2, 0.25) is 5.02 Å². The second-order valence-electron chi connectivity index (χ2n) is 6.18. The van der Waals surface area contributed by atoms with E-state index in [0.717, 1.165) is 10.6 Å². The lowest BCUT2D eigenvalue weighted by Gasteiger charge is -2.07. The number of esters is 1. The third kappa shape index (κ3) is 5.65. The smallest absolute Gasteiger partial charge is 0.325 e. The van der Waals surface area contributed by atoms with Crippen molar-refractivity contribution in [2.75, 3.05) is 19.0 Å². The highest BCUT2D eigenvalue weighted by Gasteiger charge is 2.12. The predicted octanol–water partition coefficient (Wildman–Crippen LogP) is 3.55. The number of hydrogen-bond acceptors (Lipinski definition) is 6. The van der Waals surface area contributed by atoms with Crippen molar-refractivity contribution >= 4 is 46.4 Å². The number of hydrogen-bond donors (Lipinski definition) is 2. The number of nitrogens with one attached hydrogen (secondary N) is 2. The third-order valence-electron chi connectivity index (χ3n) is 4.05. The highest BCUT2D eigenvalue weighted by molar-refractivity contribution is 7.13. The van der Waals surface area contributed by atoms with Gasteiger partial charge in [0.1, 0.15) is 11.6 Å². The molecule has 9 heteroatoms. The second-order valence-corrected chi connectivity index (χ2v) is 7.45. The zero-order valence-corrected chi connectivity index (χ0v) is 17.5. The molecule has 0 fully saturated rings. The van der Waals surface area contributed by atoms with Crippen LogP contribution in [0, 0.1) is 0 Å². The molecular formula is C21H18ClN3O4S. The molecule has 0 saturated carbocycles. The number of ether oxygens (including phenoxy) is 1. The van der Waals surface area contributed by atoms with E-state index in [4.69, 9.17) is 11.6 Å². The maximum atomic E-state index is 12.3. The third-order valence-corrected chi connectivity index (χ3v) is 5.30. The largest absolute Gasteiger partial charge is 0.468 e. The highest BCUT2D eigenvalue weighted by atomic mass is 35.5. The molecule has 0 aliphatic rings. The van der Waals surface area contributed by atoms with E-state index in [0.29, 0.717) is 22.0 Å². The van der Waals surface area contributed by atoms with Crippen LogP contribution in [0.25, 0.3) is 10.6 Å². The number of anilines is 1. The molecule has 1 heterocycles. The topological polar surface area (TPSA) is 97.4 Å². The summed E-state index contributed by atoms with van der Waals surface area (Å²) in [5.74, 6) is -1.17. The van der Waals surface area contributed by atoms with Gasteiger partial charge in [0.25, 0.3) is 5.91 Å². The van der Waals surface area contributed by atoms with E-state index in [2.05, 4.69) is 20.4 Å². The Morgan fingerprint density at radius 3 is 2.53 bits per heavy atom. The van der Waals surface area contributed by atoms with Crippen molar-refractivity contribution < 1.29 is 19.1 Å². The van der Waals surface area contributed by atoms with Crippen LogP contribution in [0.3, 0.4) is 0 Å². The van der Waals surface area contributed by atoms with E-state index in [1.807, 2.05) is 23.6 Å². The van der Waals surface area contributed by atoms with Gasteiger partial charge in [-0.05, 0) is 30.3 Å². The Bertz CT molecular complexity index is 1070. The molecule has 0 spiro atoms. The van der Waals surface area contributed by atoms with Crippen LogP contribution in [-0.4, -0.2) is 36.4 Å². The lowest BCUT2D eigenvalue weighted by molar-refractivity contribution is -0.139. The number of carbonyl (C=O) groups is 3. The number of methoxy groups -OCH3 is 1. The fourth-order valence-electron chi connectivity index (χ4n) is 2.55. The van der Waals surface area contributed by atoms with Crippen molar-refractivity contribution in [2.45, 2.75) is 6.42 Å². The summed E-state index contributed by atoms with van der Waals surface area (Å²) < 4.78 is 4.47. The Morgan fingerprint density at radius 1 is 1.10 bits per heavy atom. The number of aromatic nitrogens is 1. The molecule has 3 rings (SSSR count). The fourth-order valence-corrected chi connectivity index (χ4v) is 3.69. The van der Waals surface area contributed by atoms with E-state index in [9.17, 15) is 14.4 Å². The number of halogens is 1. The van der Waals surface area contributed by atoms with Crippen molar-refractivity contribution in [3.8, 4) is 10.6 Å². The second kappa shape index (κ2) is 10.00. The van der Waals surface area contributed by atoms with Gasteiger partial charge in [-0.1, -0.05) is 29.8 Å². The summed E-state index contributed by atoms with van der Waals surface area (Å²) in [5, 5.41) is 8.41. The first-order chi connectivity index (χ1) is 14.5. The van der Waals surface area contributed by atoms with Crippen LogP contribution in [0.5, 0.6) is 0 Å². The summed E-state index contributed by atoms with van der Waals surface area (Å²) in [4.78, 5) is 39.8. The Kier molecular flexibility index (Phi) is 7.16. The zero-order chi connectivity index (χ0) is 21.5. The lowest BCUT2D eigenvalue weighted by Crippen LogP contribution is -2.30. The fraction of sp³-hybridized carbons (Fsp3) is 0.143. The molecule has 2 amide bonds. The first kappa shape index (κ1) is 21.5. The van der Waals surface area contributed by atoms with E-state index in [1.54, 1.807) is 30.3 Å². The molecule has 30 heavy (non-hydrogen) atoms. The first-order valence-corrected chi connectivity index (χ1v) is 10.2. The molecule has 0 aliphatic carbocycles. The van der Waals surface area contributed by atoms with Crippen LogP contribution in [0.4, 0.5) is 5.69 Å². The van der Waals surface area contributed by atoms with Crippen LogP contribution < -0.4 is 10.6 Å². The molecule has 0 saturated heterocycles. The van der Waals surface area contributed by atoms with Gasteiger partial charge in [-0.3, -0.25) is 14.4 Å². The van der Waals surface area contributed by atoms with Crippen molar-refractivity contribution in [3.05, 3.63) is 70.2 Å². The molecule has 2 N–H and O–H groups in total. The van der Waals surface area contributed by atoms with Gasteiger partial charge in [0.2, 0.25) is 5.91 Å². The van der Waals surface area contributed by atoms with Gasteiger partial charge >= 0.3 is 5.97 Å². The van der Waals surface area contributed by atoms with Crippen LogP contribution in [0.1, 0.15) is 16.1 Å². The molecule has 7 nitrogen and oxygen atoms in total. The molecule has 0 atom stereocenters. The quantitative estimate of drug-likeness (QED) is 0.544. The minimum atomic E-state index is -0.535. The number of benzene rings is 2. The molecule has 0 bridgehead atoms. The summed E-state index contributed by atoms with van der Waals surface area (Å²) in [6, 6.07) is 13.7. The molecule has 2 aromatic carbocycles. The lowest BCUT2D eigenvalue weighted by atomic mass is 10.2. The minimum Gasteiger partial charge on any atom is -0.468 e. The van der Waals surface area contributed by atoms with Gasteiger partial charge in [-0.25, -0.2) is 4.98 Å². The van der Waals surface area contributed by atoms with E-state index in [1.165, 1.54) is 18.4 Å². The Morgan fingerprint density at radius 2 is 1.83 bits per heavy atom. The maximum absolute atomic E-state index is 12.3. The standard InChI is InChI=1S/C21H18ClN3O4S/c1-29-19(27)11-23-20(28)13-6-8-14(9-7-13)24-18(26)10-15-12-30-21(25-15)16-4-2-3-5-17(16)22/h2-9,12H,10-11H2,1H3,(H,23,28)(H,24,26).